The fourth-order valence-corrected chi connectivity index (χ4v) is 8.41. The number of para-hydroxylation sites is 1. The third kappa shape index (κ3) is 7.93. The fraction of sp³-hybridized carbons (Fsp3) is 0. The van der Waals surface area contributed by atoms with Gasteiger partial charge in [-0.2, -0.15) is 0 Å². The van der Waals surface area contributed by atoms with Crippen LogP contribution in [0.15, 0.2) is 261 Å². The fourth-order valence-electron chi connectivity index (χ4n) is 8.41. The number of anilines is 3. The highest BCUT2D eigenvalue weighted by Crippen LogP contribution is 2.44. The second-order valence-electron chi connectivity index (χ2n) is 15.3. The van der Waals surface area contributed by atoms with E-state index in [2.05, 4.69) is 266 Å². The minimum Gasteiger partial charge on any atom is -0.311 e. The first kappa shape index (κ1) is 37.3. The summed E-state index contributed by atoms with van der Waals surface area (Å²) in [6, 6.07) is 93.9. The van der Waals surface area contributed by atoms with Gasteiger partial charge in [0.2, 0.25) is 0 Å². The van der Waals surface area contributed by atoms with Gasteiger partial charge >= 0.3 is 0 Å². The van der Waals surface area contributed by atoms with Crippen LogP contribution in [0.5, 0.6) is 0 Å². The predicted molar refractivity (Wildman–Crippen MR) is 259 cm³/mol. The molecule has 0 aliphatic heterocycles. The molecule has 10 rings (SSSR count). The molecular weight excluding hydrogens is 735 g/mol. The van der Waals surface area contributed by atoms with Crippen LogP contribution in [0, 0.1) is 0 Å². The van der Waals surface area contributed by atoms with E-state index in [0.717, 1.165) is 22.6 Å². The van der Waals surface area contributed by atoms with E-state index in [4.69, 9.17) is 0 Å². The number of rotatable bonds is 10. The van der Waals surface area contributed by atoms with Gasteiger partial charge in [0.1, 0.15) is 0 Å². The van der Waals surface area contributed by atoms with E-state index in [0.29, 0.717) is 0 Å². The maximum Gasteiger partial charge on any atom is 0.0462 e. The van der Waals surface area contributed by atoms with Gasteiger partial charge in [-0.15, -0.1) is 0 Å². The zero-order valence-corrected chi connectivity index (χ0v) is 33.8. The molecule has 61 heavy (non-hydrogen) atoms. The van der Waals surface area contributed by atoms with Gasteiger partial charge in [0.25, 0.3) is 0 Å². The van der Waals surface area contributed by atoms with Crippen molar-refractivity contribution in [3.8, 4) is 77.9 Å². The zero-order valence-electron chi connectivity index (χ0n) is 33.8. The Hall–Kier alpha value is -8.00. The van der Waals surface area contributed by atoms with Gasteiger partial charge in [0.15, 0.2) is 0 Å². The highest BCUT2D eigenvalue weighted by molar-refractivity contribution is 5.98. The van der Waals surface area contributed by atoms with Crippen molar-refractivity contribution in [2.75, 3.05) is 4.90 Å². The highest BCUT2D eigenvalue weighted by Gasteiger charge is 2.18. The van der Waals surface area contributed by atoms with Crippen molar-refractivity contribution >= 4 is 17.1 Å². The molecule has 1 heteroatoms. The normalized spacial score (nSPS) is 11.0. The lowest BCUT2D eigenvalue weighted by Crippen LogP contribution is -2.09. The van der Waals surface area contributed by atoms with Crippen molar-refractivity contribution in [1.82, 2.24) is 0 Å². The van der Waals surface area contributed by atoms with E-state index in [-0.39, 0.29) is 0 Å². The van der Waals surface area contributed by atoms with Crippen molar-refractivity contribution in [3.05, 3.63) is 261 Å². The first-order chi connectivity index (χ1) is 30.2. The van der Waals surface area contributed by atoms with Crippen LogP contribution < -0.4 is 4.90 Å². The smallest absolute Gasteiger partial charge is 0.0462 e. The summed E-state index contributed by atoms with van der Waals surface area (Å²) in [6.07, 6.45) is 0. The zero-order chi connectivity index (χ0) is 40.8. The molecule has 0 aliphatic rings. The molecule has 288 valence electrons. The molecule has 0 amide bonds. The Bertz CT molecular complexity index is 2940. The predicted octanol–water partition coefficient (Wildman–Crippen LogP) is 16.8. The molecule has 10 aromatic carbocycles. The van der Waals surface area contributed by atoms with Gasteiger partial charge in [-0.05, 0) is 132 Å². The minimum atomic E-state index is 1.10. The standard InChI is InChI=1S/C60H43N/c1-6-17-44(18-7-1)46-29-31-47(32-30-46)48-33-37-56(38-34-48)61(55-27-14-5-15-28-55)57-39-35-49(36-40-57)52-25-16-26-53(41-52)60-58(50-21-10-3-11-22-50)42-54(45-19-8-2-9-20-45)43-59(60)51-23-12-4-13-24-51/h1-43H. The molecule has 0 saturated carbocycles. The van der Waals surface area contributed by atoms with E-state index in [1.165, 1.54) is 72.3 Å². The molecule has 0 bridgehead atoms. The summed E-state index contributed by atoms with van der Waals surface area (Å²) in [5.74, 6) is 0. The summed E-state index contributed by atoms with van der Waals surface area (Å²) in [6.45, 7) is 0. The SMILES string of the molecule is c1ccc(-c2ccc(-c3ccc(N(c4ccccc4)c4ccc(-c5cccc(-c6c(-c7ccccc7)cc(-c7ccccc7)cc6-c6ccccc6)c5)cc4)cc3)cc2)cc1. The molecule has 1 nitrogen and oxygen atoms in total. The average molecular weight is 778 g/mol. The number of benzene rings is 10. The van der Waals surface area contributed by atoms with Gasteiger partial charge in [0.05, 0.1) is 0 Å². The summed E-state index contributed by atoms with van der Waals surface area (Å²) in [7, 11) is 0. The molecule has 0 saturated heterocycles. The molecule has 0 atom stereocenters. The monoisotopic (exact) mass is 777 g/mol. The maximum absolute atomic E-state index is 2.36. The third-order valence-electron chi connectivity index (χ3n) is 11.5. The molecular formula is C60H43N. The lowest BCUT2D eigenvalue weighted by molar-refractivity contribution is 1.28. The van der Waals surface area contributed by atoms with Gasteiger partial charge < -0.3 is 4.90 Å². The van der Waals surface area contributed by atoms with Crippen LogP contribution in [0.1, 0.15) is 0 Å². The maximum atomic E-state index is 2.36. The molecule has 0 fully saturated rings. The lowest BCUT2D eigenvalue weighted by atomic mass is 9.84. The van der Waals surface area contributed by atoms with E-state index in [1.54, 1.807) is 0 Å². The van der Waals surface area contributed by atoms with E-state index in [9.17, 15) is 0 Å². The summed E-state index contributed by atoms with van der Waals surface area (Å²) in [4.78, 5) is 2.33. The summed E-state index contributed by atoms with van der Waals surface area (Å²) < 4.78 is 0. The summed E-state index contributed by atoms with van der Waals surface area (Å²) in [5, 5.41) is 0. The Morgan fingerprint density at radius 3 is 0.918 bits per heavy atom. The van der Waals surface area contributed by atoms with Crippen LogP contribution >= 0.6 is 0 Å². The first-order valence-corrected chi connectivity index (χ1v) is 20.9. The molecule has 0 radical (unpaired) electrons. The minimum absolute atomic E-state index is 1.10. The van der Waals surface area contributed by atoms with Crippen molar-refractivity contribution in [2.24, 2.45) is 0 Å². The molecule has 0 aliphatic carbocycles. The molecule has 0 aromatic heterocycles. The molecule has 0 spiro atoms. The van der Waals surface area contributed by atoms with Crippen molar-refractivity contribution in [1.29, 1.82) is 0 Å². The molecule has 0 N–H and O–H groups in total. The topological polar surface area (TPSA) is 3.24 Å². The van der Waals surface area contributed by atoms with E-state index < -0.39 is 0 Å². The van der Waals surface area contributed by atoms with Crippen LogP contribution in [0.2, 0.25) is 0 Å². The van der Waals surface area contributed by atoms with E-state index >= 15 is 0 Å². The first-order valence-electron chi connectivity index (χ1n) is 20.9. The number of nitrogens with zero attached hydrogens (tertiary/aromatic N) is 1. The van der Waals surface area contributed by atoms with Gasteiger partial charge in [-0.1, -0.05) is 206 Å². The highest BCUT2D eigenvalue weighted by atomic mass is 15.1. The van der Waals surface area contributed by atoms with Gasteiger partial charge in [-0.3, -0.25) is 0 Å². The Morgan fingerprint density at radius 1 is 0.180 bits per heavy atom. The van der Waals surface area contributed by atoms with Gasteiger partial charge in [0, 0.05) is 17.1 Å². The second-order valence-corrected chi connectivity index (χ2v) is 15.3. The van der Waals surface area contributed by atoms with Crippen LogP contribution in [-0.4, -0.2) is 0 Å². The largest absolute Gasteiger partial charge is 0.311 e. The molecule has 0 heterocycles. The summed E-state index contributed by atoms with van der Waals surface area (Å²) in [5.41, 5.74) is 20.1. The van der Waals surface area contributed by atoms with Crippen LogP contribution in [0.3, 0.4) is 0 Å². The Labute approximate surface area is 359 Å². The van der Waals surface area contributed by atoms with Crippen molar-refractivity contribution in [3.63, 3.8) is 0 Å². The third-order valence-corrected chi connectivity index (χ3v) is 11.5. The van der Waals surface area contributed by atoms with Crippen molar-refractivity contribution in [2.45, 2.75) is 0 Å². The second kappa shape index (κ2) is 17.1. The Balaban J connectivity index is 1.01. The number of hydrogen-bond donors (Lipinski definition) is 0. The summed E-state index contributed by atoms with van der Waals surface area (Å²) >= 11 is 0. The molecule has 10 aromatic rings. The number of hydrogen-bond acceptors (Lipinski definition) is 1. The van der Waals surface area contributed by atoms with E-state index in [1.807, 2.05) is 0 Å². The van der Waals surface area contributed by atoms with Gasteiger partial charge in [-0.25, -0.2) is 0 Å². The van der Waals surface area contributed by atoms with Crippen LogP contribution in [0.4, 0.5) is 17.1 Å². The van der Waals surface area contributed by atoms with Crippen molar-refractivity contribution < 1.29 is 0 Å². The van der Waals surface area contributed by atoms with Crippen LogP contribution in [-0.2, 0) is 0 Å². The Morgan fingerprint density at radius 2 is 0.475 bits per heavy atom. The lowest BCUT2D eigenvalue weighted by Gasteiger charge is -2.26. The molecule has 0 unspecified atom stereocenters. The quantitative estimate of drug-likeness (QED) is 0.134. The average Bonchev–Trinajstić information content (AvgIpc) is 3.35. The Kier molecular flexibility index (Phi) is 10.4. The van der Waals surface area contributed by atoms with Crippen LogP contribution in [0.25, 0.3) is 77.9 Å².